The van der Waals surface area contributed by atoms with Crippen LogP contribution in [0.4, 0.5) is 8.78 Å². The van der Waals surface area contributed by atoms with Crippen molar-refractivity contribution < 1.29 is 40.3 Å². The summed E-state index contributed by atoms with van der Waals surface area (Å²) in [6.07, 6.45) is 4.76. The number of nitrogens with one attached hydrogen (secondary N) is 1. The number of ether oxygens (including phenoxy) is 2. The van der Waals surface area contributed by atoms with E-state index in [1.165, 1.54) is 28.9 Å². The number of sulfone groups is 1. The van der Waals surface area contributed by atoms with Gasteiger partial charge in [0.1, 0.15) is 17.8 Å². The highest BCUT2D eigenvalue weighted by molar-refractivity contribution is 7.91. The van der Waals surface area contributed by atoms with Crippen molar-refractivity contribution in [2.45, 2.75) is 71.8 Å². The van der Waals surface area contributed by atoms with Crippen LogP contribution in [0.2, 0.25) is 0 Å². The normalized spacial score (nSPS) is 18.9. The van der Waals surface area contributed by atoms with Crippen molar-refractivity contribution in [3.63, 3.8) is 0 Å². The summed E-state index contributed by atoms with van der Waals surface area (Å²) in [7, 11) is -1.95. The Morgan fingerprint density at radius 3 is 2.65 bits per heavy atom. The number of nitrogens with zero attached hydrogens (tertiary/aromatic N) is 3. The lowest BCUT2D eigenvalue weighted by atomic mass is 9.75. The molecule has 0 saturated heterocycles. The Hall–Kier alpha value is -5.57. The van der Waals surface area contributed by atoms with E-state index >= 15 is 8.78 Å². The first kappa shape index (κ1) is 39.7. The van der Waals surface area contributed by atoms with Crippen LogP contribution in [-0.4, -0.2) is 45.6 Å². The molecule has 3 aromatic carbocycles. The lowest BCUT2D eigenvalue weighted by molar-refractivity contribution is -0.149. The van der Waals surface area contributed by atoms with Crippen molar-refractivity contribution in [1.29, 1.82) is 0 Å². The van der Waals surface area contributed by atoms with Crippen molar-refractivity contribution in [2.75, 3.05) is 11.5 Å². The summed E-state index contributed by atoms with van der Waals surface area (Å²) >= 11 is 0. The highest BCUT2D eigenvalue weighted by atomic mass is 32.2. The molecule has 0 spiro atoms. The zero-order valence-corrected chi connectivity index (χ0v) is 33.2. The molecule has 0 amide bonds. The lowest BCUT2D eigenvalue weighted by Gasteiger charge is -2.31. The molecular weight excluding hydrogens is 759 g/mol. The average molecular weight is 803 g/mol. The van der Waals surface area contributed by atoms with E-state index in [1.807, 2.05) is 45.0 Å². The van der Waals surface area contributed by atoms with Crippen LogP contribution >= 0.6 is 0 Å². The second kappa shape index (κ2) is 15.4. The standard InChI is InChI=1S/C42H44F2N4O8S/c1-25(38(49)53-22-29-23-54-40(50)56-29)18-26-8-6-9-27(19-26)42(4)15-7-14-41(2,3)24-57(51,52)17-13-31-30-12-16-45-35(30)21-34(44)36(31)55-28-10-11-33(43)32(20-28)37-46-39(42)47-48(37)5/h6,8-12,16,19-21,23,25,45H,7,13-15,17-18,22,24H2,1-5H3/t25-,42?/m0/s1. The number of benzene rings is 3. The van der Waals surface area contributed by atoms with E-state index in [0.29, 0.717) is 48.0 Å². The summed E-state index contributed by atoms with van der Waals surface area (Å²) < 4.78 is 81.4. The van der Waals surface area contributed by atoms with E-state index in [1.54, 1.807) is 26.2 Å². The number of carbonyl (C=O) groups excluding carboxylic acids is 1. The maximum absolute atomic E-state index is 15.8. The fraction of sp³-hybridized carbons (Fsp3) is 0.381. The smallest absolute Gasteiger partial charge is 0.457 e. The third kappa shape index (κ3) is 8.58. The first-order valence-corrected chi connectivity index (χ1v) is 20.5. The Morgan fingerprint density at radius 2 is 1.88 bits per heavy atom. The van der Waals surface area contributed by atoms with Gasteiger partial charge in [-0.2, -0.15) is 5.10 Å². The molecule has 0 radical (unpaired) electrons. The molecule has 12 nitrogen and oxygen atoms in total. The van der Waals surface area contributed by atoms with E-state index in [0.717, 1.165) is 17.4 Å². The van der Waals surface area contributed by atoms with Crippen LogP contribution in [0.15, 0.2) is 80.7 Å². The third-order valence-electron chi connectivity index (χ3n) is 10.7. The van der Waals surface area contributed by atoms with Crippen LogP contribution in [0.25, 0.3) is 22.3 Å². The Morgan fingerprint density at radius 1 is 1.07 bits per heavy atom. The highest BCUT2D eigenvalue weighted by Gasteiger charge is 2.36. The quantitative estimate of drug-likeness (QED) is 0.164. The molecule has 0 aliphatic carbocycles. The van der Waals surface area contributed by atoms with Gasteiger partial charge >= 0.3 is 11.8 Å². The minimum Gasteiger partial charge on any atom is -0.457 e. The van der Waals surface area contributed by atoms with Gasteiger partial charge in [-0.25, -0.2) is 31.7 Å². The topological polar surface area (TPSA) is 160 Å². The molecule has 1 aliphatic heterocycles. The molecule has 57 heavy (non-hydrogen) atoms. The fourth-order valence-electron chi connectivity index (χ4n) is 7.69. The maximum atomic E-state index is 15.8. The van der Waals surface area contributed by atoms with Crippen LogP contribution in [0.5, 0.6) is 11.5 Å². The Labute approximate surface area is 328 Å². The molecule has 0 fully saturated rings. The SMILES string of the molecule is C[C@@H](Cc1cccc(C2(C)CCCC(C)(C)CS(=O)(=O)CCc3c(c(F)cc4[nH]ccc34)Oc3ccc(F)c(c3)-c3nc2nn3C)c1)C(=O)OCc1coc(=O)o1. The van der Waals surface area contributed by atoms with Gasteiger partial charge in [0.2, 0.25) is 0 Å². The molecule has 2 atom stereocenters. The molecule has 0 saturated carbocycles. The number of esters is 1. The summed E-state index contributed by atoms with van der Waals surface area (Å²) in [5, 5.41) is 5.46. The number of fused-ring (bicyclic) bond motifs is 8. The van der Waals surface area contributed by atoms with Gasteiger partial charge in [0.25, 0.3) is 0 Å². The van der Waals surface area contributed by atoms with Crippen molar-refractivity contribution in [1.82, 2.24) is 19.7 Å². The zero-order valence-electron chi connectivity index (χ0n) is 32.4. The number of H-pyrrole nitrogens is 1. The van der Waals surface area contributed by atoms with E-state index in [-0.39, 0.29) is 53.2 Å². The largest absolute Gasteiger partial charge is 0.518 e. The molecule has 6 aromatic rings. The van der Waals surface area contributed by atoms with E-state index in [9.17, 15) is 18.0 Å². The fourth-order valence-corrected chi connectivity index (χ4v) is 9.68. The third-order valence-corrected chi connectivity index (χ3v) is 12.7. The molecule has 300 valence electrons. The lowest BCUT2D eigenvalue weighted by Crippen LogP contribution is -2.29. The Bertz CT molecular complexity index is 2620. The van der Waals surface area contributed by atoms with Crippen molar-refractivity contribution in [3.05, 3.63) is 118 Å². The van der Waals surface area contributed by atoms with Crippen molar-refractivity contribution in [3.8, 4) is 22.9 Å². The number of rotatable bonds is 6. The molecule has 4 heterocycles. The van der Waals surface area contributed by atoms with Gasteiger partial charge in [0.15, 0.2) is 45.4 Å². The van der Waals surface area contributed by atoms with Gasteiger partial charge in [0, 0.05) is 35.8 Å². The van der Waals surface area contributed by atoms with E-state index in [4.69, 9.17) is 24.0 Å². The molecule has 15 heteroatoms. The zero-order chi connectivity index (χ0) is 40.7. The molecular formula is C42H44F2N4O8S. The molecule has 7 rings (SSSR count). The van der Waals surface area contributed by atoms with Gasteiger partial charge in [-0.3, -0.25) is 4.79 Å². The monoisotopic (exact) mass is 802 g/mol. The van der Waals surface area contributed by atoms with Crippen molar-refractivity contribution >= 4 is 26.7 Å². The summed E-state index contributed by atoms with van der Waals surface area (Å²) in [6.45, 7) is 7.35. The van der Waals surface area contributed by atoms with Crippen molar-refractivity contribution in [2.24, 2.45) is 18.4 Å². The summed E-state index contributed by atoms with van der Waals surface area (Å²) in [4.78, 5) is 32.0. The first-order chi connectivity index (χ1) is 27.0. The number of halogens is 2. The van der Waals surface area contributed by atoms with Gasteiger partial charge in [-0.15, -0.1) is 0 Å². The maximum Gasteiger partial charge on any atom is 0.518 e. The van der Waals surface area contributed by atoms with Crippen LogP contribution < -0.4 is 10.6 Å². The number of aromatic amines is 1. The second-order valence-corrected chi connectivity index (χ2v) is 18.1. The molecule has 1 aliphatic rings. The number of hydrogen-bond acceptors (Lipinski definition) is 10. The summed E-state index contributed by atoms with van der Waals surface area (Å²) in [5.74, 6) is -2.76. The highest BCUT2D eigenvalue weighted by Crippen LogP contribution is 2.41. The Kier molecular flexibility index (Phi) is 10.7. The first-order valence-electron chi connectivity index (χ1n) is 18.7. The van der Waals surface area contributed by atoms with Gasteiger partial charge in [0.05, 0.1) is 28.4 Å². The average Bonchev–Trinajstić information content (AvgIpc) is 3.90. The van der Waals surface area contributed by atoms with Crippen LogP contribution in [0.3, 0.4) is 0 Å². The minimum atomic E-state index is -3.63. The van der Waals surface area contributed by atoms with E-state index in [2.05, 4.69) is 9.40 Å². The van der Waals surface area contributed by atoms with Gasteiger partial charge in [-0.1, -0.05) is 51.5 Å². The number of aromatic nitrogens is 4. The second-order valence-electron chi connectivity index (χ2n) is 15.9. The van der Waals surface area contributed by atoms with Gasteiger partial charge in [-0.05, 0) is 73.4 Å². The van der Waals surface area contributed by atoms with E-state index < -0.39 is 50.0 Å². The Balaban J connectivity index is 1.26. The van der Waals surface area contributed by atoms with Crippen LogP contribution in [-0.2, 0) is 51.3 Å². The molecule has 1 unspecified atom stereocenters. The number of hydrogen-bond donors (Lipinski definition) is 1. The number of aryl methyl sites for hydroxylation is 2. The van der Waals surface area contributed by atoms with Crippen LogP contribution in [0.1, 0.15) is 75.2 Å². The summed E-state index contributed by atoms with van der Waals surface area (Å²) in [6, 6.07) is 14.8. The summed E-state index contributed by atoms with van der Waals surface area (Å²) in [5.41, 5.74) is 1.22. The van der Waals surface area contributed by atoms with Gasteiger partial charge < -0.3 is 23.3 Å². The molecule has 3 aromatic heterocycles. The number of carbonyl (C=O) groups is 1. The predicted octanol–water partition coefficient (Wildman–Crippen LogP) is 7.98. The molecule has 4 bridgehead atoms. The van der Waals surface area contributed by atoms with Crippen LogP contribution in [0, 0.1) is 23.0 Å². The minimum absolute atomic E-state index is 0.00772. The molecule has 1 N–H and O–H groups in total. The predicted molar refractivity (Wildman–Crippen MR) is 208 cm³/mol.